The fourth-order valence-corrected chi connectivity index (χ4v) is 2.80. The summed E-state index contributed by atoms with van der Waals surface area (Å²) < 4.78 is 7.56. The number of para-hydroxylation sites is 2. The first-order chi connectivity index (χ1) is 10.7. The van der Waals surface area contributed by atoms with E-state index < -0.39 is 0 Å². The van der Waals surface area contributed by atoms with Gasteiger partial charge in [-0.1, -0.05) is 30.8 Å². The molecule has 5 nitrogen and oxygen atoms in total. The second-order valence-corrected chi connectivity index (χ2v) is 5.61. The molecule has 0 unspecified atom stereocenters. The Balaban J connectivity index is 1.92. The molecule has 118 valence electrons. The minimum absolute atomic E-state index is 0.0665. The van der Waals surface area contributed by atoms with E-state index in [-0.39, 0.29) is 5.91 Å². The molecule has 0 aliphatic heterocycles. The Bertz CT molecular complexity index is 613. The molecule has 0 saturated heterocycles. The first-order valence-electron chi connectivity index (χ1n) is 7.40. The van der Waals surface area contributed by atoms with Gasteiger partial charge in [0.05, 0.1) is 18.0 Å². The van der Waals surface area contributed by atoms with Crippen LogP contribution in [0.15, 0.2) is 41.8 Å². The molecule has 1 heterocycles. The number of thioether (sulfide) groups is 1. The zero-order chi connectivity index (χ0) is 15.8. The SMILES string of the molecule is CCCn1ccnc1SCC(=O)Nc1ccccc1OCC. The van der Waals surface area contributed by atoms with E-state index in [2.05, 4.69) is 21.8 Å². The lowest BCUT2D eigenvalue weighted by Gasteiger charge is -2.11. The summed E-state index contributed by atoms with van der Waals surface area (Å²) >= 11 is 1.44. The number of aryl methyl sites for hydroxylation is 1. The van der Waals surface area contributed by atoms with E-state index in [4.69, 9.17) is 4.74 Å². The van der Waals surface area contributed by atoms with Crippen molar-refractivity contribution in [2.24, 2.45) is 0 Å². The summed E-state index contributed by atoms with van der Waals surface area (Å²) in [5, 5.41) is 3.76. The molecule has 1 amide bonds. The van der Waals surface area contributed by atoms with Crippen molar-refractivity contribution in [3.8, 4) is 5.75 Å². The Morgan fingerprint density at radius 3 is 2.95 bits per heavy atom. The van der Waals surface area contributed by atoms with Gasteiger partial charge < -0.3 is 14.6 Å². The Hall–Kier alpha value is -1.95. The molecule has 0 fully saturated rings. The highest BCUT2D eigenvalue weighted by Crippen LogP contribution is 2.24. The summed E-state index contributed by atoms with van der Waals surface area (Å²) in [5.74, 6) is 0.945. The molecule has 2 aromatic rings. The average molecular weight is 319 g/mol. The van der Waals surface area contributed by atoms with Gasteiger partial charge in [0.2, 0.25) is 5.91 Å². The highest BCUT2D eigenvalue weighted by molar-refractivity contribution is 7.99. The molecular weight excluding hydrogens is 298 g/mol. The highest BCUT2D eigenvalue weighted by atomic mass is 32.2. The van der Waals surface area contributed by atoms with E-state index in [0.29, 0.717) is 23.8 Å². The largest absolute Gasteiger partial charge is 0.492 e. The van der Waals surface area contributed by atoms with E-state index in [1.807, 2.05) is 37.4 Å². The molecule has 2 rings (SSSR count). The Morgan fingerprint density at radius 1 is 1.36 bits per heavy atom. The monoisotopic (exact) mass is 319 g/mol. The number of hydrogen-bond donors (Lipinski definition) is 1. The van der Waals surface area contributed by atoms with Crippen molar-refractivity contribution >= 4 is 23.4 Å². The molecule has 0 aliphatic carbocycles. The third-order valence-electron chi connectivity index (χ3n) is 2.94. The minimum atomic E-state index is -0.0665. The lowest BCUT2D eigenvalue weighted by Crippen LogP contribution is -2.15. The summed E-state index contributed by atoms with van der Waals surface area (Å²) in [7, 11) is 0. The van der Waals surface area contributed by atoms with Gasteiger partial charge in [0, 0.05) is 18.9 Å². The molecule has 6 heteroatoms. The van der Waals surface area contributed by atoms with Crippen LogP contribution in [0.2, 0.25) is 0 Å². The van der Waals surface area contributed by atoms with E-state index >= 15 is 0 Å². The van der Waals surface area contributed by atoms with Crippen LogP contribution in [0.3, 0.4) is 0 Å². The van der Waals surface area contributed by atoms with Crippen molar-refractivity contribution in [1.29, 1.82) is 0 Å². The summed E-state index contributed by atoms with van der Waals surface area (Å²) in [6.07, 6.45) is 4.74. The van der Waals surface area contributed by atoms with Crippen molar-refractivity contribution in [2.75, 3.05) is 17.7 Å². The molecule has 1 aromatic carbocycles. The van der Waals surface area contributed by atoms with E-state index in [1.165, 1.54) is 11.8 Å². The predicted molar refractivity (Wildman–Crippen MR) is 89.5 cm³/mol. The number of aromatic nitrogens is 2. The van der Waals surface area contributed by atoms with Crippen molar-refractivity contribution in [3.63, 3.8) is 0 Å². The Morgan fingerprint density at radius 2 is 2.18 bits per heavy atom. The number of anilines is 1. The molecule has 0 radical (unpaired) electrons. The number of rotatable bonds is 8. The normalized spacial score (nSPS) is 10.5. The van der Waals surface area contributed by atoms with Gasteiger partial charge in [0.15, 0.2) is 5.16 Å². The smallest absolute Gasteiger partial charge is 0.234 e. The number of benzene rings is 1. The van der Waals surface area contributed by atoms with Gasteiger partial charge in [-0.05, 0) is 25.5 Å². The molecule has 0 saturated carbocycles. The average Bonchev–Trinajstić information content (AvgIpc) is 2.95. The van der Waals surface area contributed by atoms with Crippen molar-refractivity contribution in [2.45, 2.75) is 32.0 Å². The van der Waals surface area contributed by atoms with Crippen LogP contribution >= 0.6 is 11.8 Å². The summed E-state index contributed by atoms with van der Waals surface area (Å²) in [6, 6.07) is 7.45. The lowest BCUT2D eigenvalue weighted by molar-refractivity contribution is -0.113. The fourth-order valence-electron chi connectivity index (χ4n) is 2.01. The van der Waals surface area contributed by atoms with Crippen LogP contribution in [-0.2, 0) is 11.3 Å². The third-order valence-corrected chi connectivity index (χ3v) is 3.94. The van der Waals surface area contributed by atoms with Gasteiger partial charge in [-0.2, -0.15) is 0 Å². The first kappa shape index (κ1) is 16.4. The number of carbonyl (C=O) groups excluding carboxylic acids is 1. The molecular formula is C16H21N3O2S. The van der Waals surface area contributed by atoms with Gasteiger partial charge in [-0.25, -0.2) is 4.98 Å². The van der Waals surface area contributed by atoms with Crippen LogP contribution in [-0.4, -0.2) is 27.8 Å². The number of imidazole rings is 1. The van der Waals surface area contributed by atoms with Gasteiger partial charge >= 0.3 is 0 Å². The van der Waals surface area contributed by atoms with Crippen LogP contribution in [0.4, 0.5) is 5.69 Å². The molecule has 0 atom stereocenters. The Labute approximate surface area is 135 Å². The lowest BCUT2D eigenvalue weighted by atomic mass is 10.3. The van der Waals surface area contributed by atoms with Crippen LogP contribution in [0.1, 0.15) is 20.3 Å². The number of nitrogens with one attached hydrogen (secondary N) is 1. The van der Waals surface area contributed by atoms with E-state index in [1.54, 1.807) is 6.20 Å². The maximum atomic E-state index is 12.1. The summed E-state index contributed by atoms with van der Waals surface area (Å²) in [6.45, 7) is 5.51. The second kappa shape index (κ2) is 8.48. The molecule has 22 heavy (non-hydrogen) atoms. The van der Waals surface area contributed by atoms with Crippen LogP contribution < -0.4 is 10.1 Å². The zero-order valence-electron chi connectivity index (χ0n) is 12.9. The van der Waals surface area contributed by atoms with Gasteiger partial charge in [-0.15, -0.1) is 0 Å². The third kappa shape index (κ3) is 4.53. The molecule has 0 spiro atoms. The van der Waals surface area contributed by atoms with Crippen molar-refractivity contribution in [3.05, 3.63) is 36.7 Å². The fraction of sp³-hybridized carbons (Fsp3) is 0.375. The number of hydrogen-bond acceptors (Lipinski definition) is 4. The van der Waals surface area contributed by atoms with Gasteiger partial charge in [0.25, 0.3) is 0 Å². The summed E-state index contributed by atoms with van der Waals surface area (Å²) in [4.78, 5) is 16.4. The molecule has 1 N–H and O–H groups in total. The Kier molecular flexibility index (Phi) is 6.33. The summed E-state index contributed by atoms with van der Waals surface area (Å²) in [5.41, 5.74) is 0.701. The van der Waals surface area contributed by atoms with Crippen molar-refractivity contribution in [1.82, 2.24) is 9.55 Å². The standard InChI is InChI=1S/C16H21N3O2S/c1-3-10-19-11-9-17-16(19)22-12-15(20)18-13-7-5-6-8-14(13)21-4-2/h5-9,11H,3-4,10,12H2,1-2H3,(H,18,20). The number of nitrogens with zero attached hydrogens (tertiary/aromatic N) is 2. The molecule has 0 bridgehead atoms. The van der Waals surface area contributed by atoms with Gasteiger partial charge in [-0.3, -0.25) is 4.79 Å². The highest BCUT2D eigenvalue weighted by Gasteiger charge is 2.10. The minimum Gasteiger partial charge on any atom is -0.492 e. The van der Waals surface area contributed by atoms with Crippen molar-refractivity contribution < 1.29 is 9.53 Å². The first-order valence-corrected chi connectivity index (χ1v) is 8.38. The number of carbonyl (C=O) groups is 1. The number of ether oxygens (including phenoxy) is 1. The second-order valence-electron chi connectivity index (χ2n) is 4.67. The molecule has 1 aromatic heterocycles. The zero-order valence-corrected chi connectivity index (χ0v) is 13.7. The number of amides is 1. The van der Waals surface area contributed by atoms with E-state index in [0.717, 1.165) is 18.1 Å². The maximum Gasteiger partial charge on any atom is 0.234 e. The maximum absolute atomic E-state index is 12.1. The van der Waals surface area contributed by atoms with Crippen LogP contribution in [0, 0.1) is 0 Å². The van der Waals surface area contributed by atoms with Crippen LogP contribution in [0.5, 0.6) is 5.75 Å². The topological polar surface area (TPSA) is 56.2 Å². The molecule has 0 aliphatic rings. The van der Waals surface area contributed by atoms with Crippen LogP contribution in [0.25, 0.3) is 0 Å². The predicted octanol–water partition coefficient (Wildman–Crippen LogP) is 3.42. The van der Waals surface area contributed by atoms with E-state index in [9.17, 15) is 4.79 Å². The van der Waals surface area contributed by atoms with Gasteiger partial charge in [0.1, 0.15) is 5.75 Å². The quantitative estimate of drug-likeness (QED) is 0.758.